The molecule has 1 aromatic heterocycles. The molecule has 5 nitrogen and oxygen atoms in total. The lowest BCUT2D eigenvalue weighted by Gasteiger charge is -2.26. The van der Waals surface area contributed by atoms with E-state index in [1.165, 1.54) is 5.56 Å². The topological polar surface area (TPSA) is 60.5 Å². The average molecular weight is 451 g/mol. The van der Waals surface area contributed by atoms with E-state index in [4.69, 9.17) is 9.47 Å². The van der Waals surface area contributed by atoms with Crippen molar-refractivity contribution < 1.29 is 14.3 Å². The number of carbonyl (C=O) groups is 1. The number of hydrogen-bond acceptors (Lipinski definition) is 4. The molecule has 0 aliphatic rings. The van der Waals surface area contributed by atoms with Crippen LogP contribution in [0.5, 0.6) is 5.75 Å². The number of halogens is 1. The molecule has 1 aromatic carbocycles. The van der Waals surface area contributed by atoms with Crippen molar-refractivity contribution in [3.05, 3.63) is 58.3 Å². The van der Waals surface area contributed by atoms with Crippen LogP contribution in [0.2, 0.25) is 0 Å². The Labute approximate surface area is 177 Å². The Bertz CT molecular complexity index is 721. The third-order valence-electron chi connectivity index (χ3n) is 4.23. The Balaban J connectivity index is 0.00000190. The Kier molecular flexibility index (Phi) is 10.8. The molecular weight excluding hydrogens is 420 g/mol. The van der Waals surface area contributed by atoms with Gasteiger partial charge in [-0.05, 0) is 64.0 Å². The largest absolute Gasteiger partial charge is 0.466 e. The standard InChI is InChI=1S/C20H25BrN2O3.C2H6/c1-20(2,16-7-8-17(21)18(12-16)26-14-25-3)9-5-11-23-19(24)15-6-4-10-22-13-15;1-2/h4,6-8,10,12-13H,5,9,11,14H2,1-3H3,(H,23,24);1-2H3. The van der Waals surface area contributed by atoms with Crippen LogP contribution < -0.4 is 10.1 Å². The molecule has 0 saturated heterocycles. The fourth-order valence-corrected chi connectivity index (χ4v) is 2.99. The first-order valence-corrected chi connectivity index (χ1v) is 10.3. The quantitative estimate of drug-likeness (QED) is 0.413. The number of carbonyl (C=O) groups excluding carboxylic acids is 1. The summed E-state index contributed by atoms with van der Waals surface area (Å²) in [6.45, 7) is 9.22. The number of nitrogens with zero attached hydrogens (tertiary/aromatic N) is 1. The smallest absolute Gasteiger partial charge is 0.252 e. The van der Waals surface area contributed by atoms with Gasteiger partial charge in [0.1, 0.15) is 5.75 Å². The molecule has 2 aromatic rings. The number of amides is 1. The van der Waals surface area contributed by atoms with Crippen LogP contribution in [-0.2, 0) is 10.2 Å². The molecule has 0 fully saturated rings. The molecular formula is C22H31BrN2O3. The van der Waals surface area contributed by atoms with Gasteiger partial charge in [0.15, 0.2) is 6.79 Å². The van der Waals surface area contributed by atoms with E-state index in [-0.39, 0.29) is 18.1 Å². The highest BCUT2D eigenvalue weighted by Crippen LogP contribution is 2.34. The van der Waals surface area contributed by atoms with Crippen LogP contribution in [-0.4, -0.2) is 31.3 Å². The Hall–Kier alpha value is -1.92. The number of benzene rings is 1. The van der Waals surface area contributed by atoms with Crippen molar-refractivity contribution in [2.45, 2.75) is 46.0 Å². The maximum Gasteiger partial charge on any atom is 0.252 e. The van der Waals surface area contributed by atoms with E-state index in [9.17, 15) is 4.79 Å². The molecule has 0 aliphatic carbocycles. The minimum atomic E-state index is -0.0881. The van der Waals surface area contributed by atoms with E-state index in [1.807, 2.05) is 26.0 Å². The van der Waals surface area contributed by atoms with Gasteiger partial charge in [-0.2, -0.15) is 0 Å². The van der Waals surface area contributed by atoms with Gasteiger partial charge >= 0.3 is 0 Å². The van der Waals surface area contributed by atoms with Gasteiger partial charge in [-0.3, -0.25) is 9.78 Å². The lowest BCUT2D eigenvalue weighted by Crippen LogP contribution is -2.26. The summed E-state index contributed by atoms with van der Waals surface area (Å²) in [5, 5.41) is 2.94. The Morgan fingerprint density at radius 2 is 2.00 bits per heavy atom. The molecule has 0 atom stereocenters. The monoisotopic (exact) mass is 450 g/mol. The Morgan fingerprint density at radius 1 is 1.25 bits per heavy atom. The van der Waals surface area contributed by atoms with Crippen LogP contribution in [0.15, 0.2) is 47.2 Å². The van der Waals surface area contributed by atoms with Gasteiger partial charge in [0, 0.05) is 26.0 Å². The number of pyridine rings is 1. The van der Waals surface area contributed by atoms with Crippen LogP contribution in [0.4, 0.5) is 0 Å². The lowest BCUT2D eigenvalue weighted by molar-refractivity contribution is 0.0504. The summed E-state index contributed by atoms with van der Waals surface area (Å²) in [4.78, 5) is 16.0. The molecule has 0 unspecified atom stereocenters. The zero-order valence-corrected chi connectivity index (χ0v) is 19.0. The third kappa shape index (κ3) is 7.60. The summed E-state index contributed by atoms with van der Waals surface area (Å²) in [7, 11) is 1.60. The van der Waals surface area contributed by atoms with Gasteiger partial charge in [-0.25, -0.2) is 0 Å². The summed E-state index contributed by atoms with van der Waals surface area (Å²) in [6.07, 6.45) is 5.04. The summed E-state index contributed by atoms with van der Waals surface area (Å²) >= 11 is 3.50. The summed E-state index contributed by atoms with van der Waals surface area (Å²) < 4.78 is 11.5. The highest BCUT2D eigenvalue weighted by molar-refractivity contribution is 9.10. The molecule has 6 heteroatoms. The maximum atomic E-state index is 12.0. The van der Waals surface area contributed by atoms with E-state index >= 15 is 0 Å². The second kappa shape index (κ2) is 12.5. The molecule has 1 heterocycles. The molecule has 2 rings (SSSR count). The van der Waals surface area contributed by atoms with Gasteiger partial charge in [0.2, 0.25) is 0 Å². The first-order chi connectivity index (χ1) is 13.4. The fourth-order valence-electron chi connectivity index (χ4n) is 2.63. The van der Waals surface area contributed by atoms with Crippen LogP contribution in [0.25, 0.3) is 0 Å². The van der Waals surface area contributed by atoms with E-state index in [0.29, 0.717) is 12.1 Å². The number of ether oxygens (including phenoxy) is 2. The number of aromatic nitrogens is 1. The van der Waals surface area contributed by atoms with Crippen molar-refractivity contribution in [1.82, 2.24) is 10.3 Å². The van der Waals surface area contributed by atoms with Crippen molar-refractivity contribution in [2.24, 2.45) is 0 Å². The predicted molar refractivity (Wildman–Crippen MR) is 117 cm³/mol. The van der Waals surface area contributed by atoms with Crippen LogP contribution in [0.3, 0.4) is 0 Å². The van der Waals surface area contributed by atoms with Gasteiger partial charge in [0.05, 0.1) is 10.0 Å². The van der Waals surface area contributed by atoms with Gasteiger partial charge in [-0.15, -0.1) is 0 Å². The fraction of sp³-hybridized carbons (Fsp3) is 0.455. The van der Waals surface area contributed by atoms with Crippen molar-refractivity contribution in [3.8, 4) is 5.75 Å². The minimum absolute atomic E-state index is 0.0368. The van der Waals surface area contributed by atoms with Gasteiger partial charge in [0.25, 0.3) is 5.91 Å². The highest BCUT2D eigenvalue weighted by atomic mass is 79.9. The van der Waals surface area contributed by atoms with Crippen molar-refractivity contribution in [2.75, 3.05) is 20.4 Å². The van der Waals surface area contributed by atoms with Crippen molar-refractivity contribution in [1.29, 1.82) is 0 Å². The molecule has 28 heavy (non-hydrogen) atoms. The maximum absolute atomic E-state index is 12.0. The number of methoxy groups -OCH3 is 1. The van der Waals surface area contributed by atoms with Gasteiger partial charge in [-0.1, -0.05) is 33.8 Å². The van der Waals surface area contributed by atoms with E-state index < -0.39 is 0 Å². The molecule has 0 aliphatic heterocycles. The predicted octanol–water partition coefficient (Wildman–Crippen LogP) is 5.34. The average Bonchev–Trinajstić information content (AvgIpc) is 2.72. The summed E-state index contributed by atoms with van der Waals surface area (Å²) in [5.41, 5.74) is 1.73. The zero-order chi connectivity index (χ0) is 21.0. The molecule has 0 spiro atoms. The molecule has 0 bridgehead atoms. The van der Waals surface area contributed by atoms with Crippen molar-refractivity contribution in [3.63, 3.8) is 0 Å². The number of hydrogen-bond donors (Lipinski definition) is 1. The lowest BCUT2D eigenvalue weighted by atomic mass is 9.80. The summed E-state index contributed by atoms with van der Waals surface area (Å²) in [5.74, 6) is 0.678. The Morgan fingerprint density at radius 3 is 2.64 bits per heavy atom. The molecule has 0 saturated carbocycles. The normalized spacial score (nSPS) is 10.6. The van der Waals surface area contributed by atoms with Gasteiger partial charge < -0.3 is 14.8 Å². The molecule has 0 radical (unpaired) electrons. The molecule has 1 amide bonds. The van der Waals surface area contributed by atoms with Crippen molar-refractivity contribution >= 4 is 21.8 Å². The second-order valence-corrected chi connectivity index (χ2v) is 7.54. The SMILES string of the molecule is CC.COCOc1cc(C(C)(C)CCCNC(=O)c2cccnc2)ccc1Br. The first-order valence-electron chi connectivity index (χ1n) is 9.54. The first kappa shape index (κ1) is 24.1. The van der Waals surface area contributed by atoms with E-state index in [2.05, 4.69) is 46.1 Å². The minimum Gasteiger partial charge on any atom is -0.466 e. The van der Waals surface area contributed by atoms with E-state index in [1.54, 1.807) is 31.6 Å². The van der Waals surface area contributed by atoms with Crippen LogP contribution in [0.1, 0.15) is 56.5 Å². The molecule has 154 valence electrons. The van der Waals surface area contributed by atoms with Crippen LogP contribution in [0, 0.1) is 0 Å². The summed E-state index contributed by atoms with van der Waals surface area (Å²) in [6, 6.07) is 9.64. The van der Waals surface area contributed by atoms with E-state index in [0.717, 1.165) is 23.1 Å². The second-order valence-electron chi connectivity index (χ2n) is 6.68. The van der Waals surface area contributed by atoms with Crippen LogP contribution >= 0.6 is 15.9 Å². The highest BCUT2D eigenvalue weighted by Gasteiger charge is 2.21. The molecule has 1 N–H and O–H groups in total. The number of rotatable bonds is 9. The third-order valence-corrected chi connectivity index (χ3v) is 4.89. The zero-order valence-electron chi connectivity index (χ0n) is 17.4. The number of nitrogens with one attached hydrogen (secondary N) is 1.